The van der Waals surface area contributed by atoms with Crippen LogP contribution in [-0.4, -0.2) is 9.78 Å². The highest BCUT2D eigenvalue weighted by molar-refractivity contribution is 7.98. The fourth-order valence-corrected chi connectivity index (χ4v) is 2.53. The third-order valence-corrected chi connectivity index (χ3v) is 3.68. The van der Waals surface area contributed by atoms with Gasteiger partial charge < -0.3 is 5.73 Å². The van der Waals surface area contributed by atoms with Crippen molar-refractivity contribution in [3.63, 3.8) is 0 Å². The van der Waals surface area contributed by atoms with Gasteiger partial charge in [-0.3, -0.25) is 4.68 Å². The maximum Gasteiger partial charge on any atom is 0.0562 e. The Morgan fingerprint density at radius 1 is 1.50 bits per heavy atom. The number of aromatic nitrogens is 2. The predicted molar refractivity (Wildman–Crippen MR) is 68.6 cm³/mol. The summed E-state index contributed by atoms with van der Waals surface area (Å²) in [6.45, 7) is 0. The molecule has 0 radical (unpaired) electrons. The summed E-state index contributed by atoms with van der Waals surface area (Å²) < 4.78 is 1.79. The third-order valence-electron chi connectivity index (χ3n) is 2.11. The zero-order valence-corrected chi connectivity index (χ0v) is 10.4. The summed E-state index contributed by atoms with van der Waals surface area (Å²) in [4.78, 5) is 1.04. The van der Waals surface area contributed by atoms with Crippen molar-refractivity contribution in [1.29, 1.82) is 0 Å². The Balaban J connectivity index is 2.04. The highest BCUT2D eigenvalue weighted by Gasteiger charge is 2.03. The van der Waals surface area contributed by atoms with E-state index in [0.29, 0.717) is 10.7 Å². The molecule has 16 heavy (non-hydrogen) atoms. The van der Waals surface area contributed by atoms with E-state index in [2.05, 4.69) is 5.10 Å². The van der Waals surface area contributed by atoms with Gasteiger partial charge in [0.2, 0.25) is 0 Å². The molecule has 1 aromatic carbocycles. The van der Waals surface area contributed by atoms with Gasteiger partial charge in [-0.2, -0.15) is 5.10 Å². The van der Waals surface area contributed by atoms with Crippen LogP contribution in [0.5, 0.6) is 0 Å². The molecule has 2 rings (SSSR count). The third kappa shape index (κ3) is 2.71. The second-order valence-corrected chi connectivity index (χ2v) is 4.93. The molecule has 0 saturated heterocycles. The SMILES string of the molecule is Cn1cc(CSc2ccc(N)cc2Cl)cn1. The van der Waals surface area contributed by atoms with E-state index in [1.54, 1.807) is 22.5 Å². The normalized spacial score (nSPS) is 10.6. The first-order chi connectivity index (χ1) is 7.65. The van der Waals surface area contributed by atoms with Crippen molar-refractivity contribution in [2.24, 2.45) is 7.05 Å². The summed E-state index contributed by atoms with van der Waals surface area (Å²) in [5.41, 5.74) is 7.50. The number of benzene rings is 1. The number of nitrogens with zero attached hydrogens (tertiary/aromatic N) is 2. The average molecular weight is 254 g/mol. The number of aryl methyl sites for hydroxylation is 1. The highest BCUT2D eigenvalue weighted by atomic mass is 35.5. The Bertz CT molecular complexity index is 496. The van der Waals surface area contributed by atoms with Crippen molar-refractivity contribution in [2.75, 3.05) is 5.73 Å². The van der Waals surface area contributed by atoms with Gasteiger partial charge in [0.15, 0.2) is 0 Å². The Hall–Kier alpha value is -1.13. The number of rotatable bonds is 3. The molecular weight excluding hydrogens is 242 g/mol. The van der Waals surface area contributed by atoms with Crippen LogP contribution in [0.4, 0.5) is 5.69 Å². The van der Waals surface area contributed by atoms with Crippen molar-refractivity contribution < 1.29 is 0 Å². The van der Waals surface area contributed by atoms with Gasteiger partial charge in [-0.15, -0.1) is 11.8 Å². The van der Waals surface area contributed by atoms with Crippen LogP contribution in [0.25, 0.3) is 0 Å². The lowest BCUT2D eigenvalue weighted by Gasteiger charge is -2.03. The predicted octanol–water partition coefficient (Wildman–Crippen LogP) is 2.95. The first kappa shape index (κ1) is 11.4. The minimum Gasteiger partial charge on any atom is -0.399 e. The van der Waals surface area contributed by atoms with Gasteiger partial charge in [0.05, 0.1) is 11.2 Å². The molecular formula is C11H12ClN3S. The van der Waals surface area contributed by atoms with Crippen LogP contribution in [0.2, 0.25) is 5.02 Å². The monoisotopic (exact) mass is 253 g/mol. The van der Waals surface area contributed by atoms with Crippen molar-refractivity contribution in [1.82, 2.24) is 9.78 Å². The lowest BCUT2D eigenvalue weighted by Crippen LogP contribution is -1.85. The van der Waals surface area contributed by atoms with E-state index in [-0.39, 0.29) is 0 Å². The van der Waals surface area contributed by atoms with Gasteiger partial charge in [-0.25, -0.2) is 0 Å². The van der Waals surface area contributed by atoms with Crippen LogP contribution < -0.4 is 5.73 Å². The Kier molecular flexibility index (Phi) is 3.41. The maximum atomic E-state index is 6.08. The Labute approximate surface area is 104 Å². The van der Waals surface area contributed by atoms with Gasteiger partial charge >= 0.3 is 0 Å². The van der Waals surface area contributed by atoms with Crippen LogP contribution in [0.1, 0.15) is 5.56 Å². The van der Waals surface area contributed by atoms with Gasteiger partial charge in [-0.1, -0.05) is 11.6 Å². The van der Waals surface area contributed by atoms with E-state index in [1.807, 2.05) is 31.6 Å². The molecule has 2 aromatic rings. The van der Waals surface area contributed by atoms with Crippen LogP contribution >= 0.6 is 23.4 Å². The number of nitrogens with two attached hydrogens (primary N) is 1. The van der Waals surface area contributed by atoms with Crippen LogP contribution in [0.3, 0.4) is 0 Å². The standard InChI is InChI=1S/C11H12ClN3S/c1-15-6-8(5-14-15)7-16-11-3-2-9(13)4-10(11)12/h2-6H,7,13H2,1H3. The lowest BCUT2D eigenvalue weighted by molar-refractivity contribution is 0.767. The number of thioether (sulfide) groups is 1. The molecule has 0 unspecified atom stereocenters. The molecule has 0 saturated carbocycles. The molecule has 0 aliphatic heterocycles. The molecule has 0 spiro atoms. The van der Waals surface area contributed by atoms with Crippen molar-refractivity contribution in [3.05, 3.63) is 41.2 Å². The molecule has 1 aromatic heterocycles. The van der Waals surface area contributed by atoms with E-state index < -0.39 is 0 Å². The minimum absolute atomic E-state index is 0.690. The number of halogens is 1. The molecule has 0 aliphatic carbocycles. The minimum atomic E-state index is 0.690. The van der Waals surface area contributed by atoms with E-state index in [1.165, 1.54) is 5.56 Å². The molecule has 1 heterocycles. The molecule has 0 bridgehead atoms. The van der Waals surface area contributed by atoms with Gasteiger partial charge in [0.25, 0.3) is 0 Å². The fraction of sp³-hybridized carbons (Fsp3) is 0.182. The zero-order valence-electron chi connectivity index (χ0n) is 8.85. The van der Waals surface area contributed by atoms with Crippen LogP contribution in [-0.2, 0) is 12.8 Å². The summed E-state index contributed by atoms with van der Waals surface area (Å²) in [5.74, 6) is 0.859. The molecule has 84 valence electrons. The first-order valence-corrected chi connectivity index (χ1v) is 6.17. The zero-order chi connectivity index (χ0) is 11.5. The number of nitrogen functional groups attached to an aromatic ring is 1. The summed E-state index contributed by atoms with van der Waals surface area (Å²) in [6.07, 6.45) is 3.86. The van der Waals surface area contributed by atoms with E-state index >= 15 is 0 Å². The highest BCUT2D eigenvalue weighted by Crippen LogP contribution is 2.30. The van der Waals surface area contributed by atoms with E-state index in [4.69, 9.17) is 17.3 Å². The van der Waals surface area contributed by atoms with Crippen molar-refractivity contribution in [2.45, 2.75) is 10.6 Å². The second kappa shape index (κ2) is 4.80. The molecule has 0 atom stereocenters. The van der Waals surface area contributed by atoms with Gasteiger partial charge in [0.1, 0.15) is 0 Å². The van der Waals surface area contributed by atoms with Crippen LogP contribution in [0.15, 0.2) is 35.5 Å². The molecule has 0 amide bonds. The first-order valence-electron chi connectivity index (χ1n) is 4.80. The van der Waals surface area contributed by atoms with Crippen molar-refractivity contribution in [3.8, 4) is 0 Å². The van der Waals surface area contributed by atoms with E-state index in [0.717, 1.165) is 10.6 Å². The Morgan fingerprint density at radius 2 is 2.31 bits per heavy atom. The number of hydrogen-bond acceptors (Lipinski definition) is 3. The number of hydrogen-bond donors (Lipinski definition) is 1. The quantitative estimate of drug-likeness (QED) is 0.676. The van der Waals surface area contributed by atoms with Gasteiger partial charge in [-0.05, 0) is 18.2 Å². The molecule has 0 aliphatic rings. The van der Waals surface area contributed by atoms with Crippen molar-refractivity contribution >= 4 is 29.1 Å². The maximum absolute atomic E-state index is 6.08. The van der Waals surface area contributed by atoms with E-state index in [9.17, 15) is 0 Å². The topological polar surface area (TPSA) is 43.8 Å². The smallest absolute Gasteiger partial charge is 0.0562 e. The summed E-state index contributed by atoms with van der Waals surface area (Å²) in [7, 11) is 1.91. The molecule has 2 N–H and O–H groups in total. The largest absolute Gasteiger partial charge is 0.399 e. The summed E-state index contributed by atoms with van der Waals surface area (Å²) in [6, 6.07) is 5.57. The average Bonchev–Trinajstić information content (AvgIpc) is 2.63. The fourth-order valence-electron chi connectivity index (χ4n) is 1.34. The Morgan fingerprint density at radius 3 is 2.94 bits per heavy atom. The summed E-state index contributed by atoms with van der Waals surface area (Å²) in [5, 5.41) is 4.82. The molecule has 0 fully saturated rings. The molecule has 5 heteroatoms. The number of anilines is 1. The summed E-state index contributed by atoms with van der Waals surface area (Å²) >= 11 is 7.76. The second-order valence-electron chi connectivity index (χ2n) is 3.50. The van der Waals surface area contributed by atoms with Crippen LogP contribution in [0, 0.1) is 0 Å². The van der Waals surface area contributed by atoms with Gasteiger partial charge in [0, 0.05) is 35.1 Å². The molecule has 3 nitrogen and oxygen atoms in total. The lowest BCUT2D eigenvalue weighted by atomic mass is 10.3.